The highest BCUT2D eigenvalue weighted by molar-refractivity contribution is 8.00. The average molecular weight is 1840 g/mol. The van der Waals surface area contributed by atoms with Crippen LogP contribution in [0, 0.1) is 23.7 Å². The van der Waals surface area contributed by atoms with Crippen LogP contribution in [-0.2, 0) is 161 Å². The standard InChI is InChI=1S/C40H74N4O18S.C40H76N2O18S/c1-20-25(43-26-31(51-7)27(49-5)21(16-45)22(17-46-2)37(26)63-15-14-42-44-41)30(50-6)34(54-10)39(58-20)61-29-24(19-48-4)60-40(36(56-12)33(29)53-9)62-28-23(18-47-3)59-38(57-13)35(55-11)32(28)52-8;1-20-25(42-26-31(49-7)27(47-5)21(16-43)22(17-44-2)37(26)61-15-14-41)30(48-6)34(52-10)39(56-20)59-29-24(19-46-4)58-40(36(54-12)33(29)51-9)60-28-23(18-45-3)57-38(55-13)35(53-11)32(28)50-8/h20-40,43,45H,14-19H2,1-13H3;20-40,42-43H,14-19,41H2,1-13H3/t2*20?,21-,22?,23?,24?,25-,26-,27+,28-,29-,30+,31?,32+,33+,34?,35?,36?,37?,38?,39-,40-/m00/s1. The Balaban J connectivity index is 0.000000341. The molecular weight excluding hydrogens is 1690 g/mol. The largest absolute Gasteiger partial charge is 0.396 e. The second-order valence-corrected chi connectivity index (χ2v) is 33.8. The zero-order chi connectivity index (χ0) is 91.0. The van der Waals surface area contributed by atoms with E-state index in [0.717, 1.165) is 0 Å². The summed E-state index contributed by atoms with van der Waals surface area (Å²) in [5.74, 6) is 0.407. The molecule has 20 unspecified atom stereocenters. The van der Waals surface area contributed by atoms with Crippen molar-refractivity contribution in [2.75, 3.05) is 248 Å². The van der Waals surface area contributed by atoms with Gasteiger partial charge in [-0.15, -0.1) is 0 Å². The molecule has 0 aromatic rings. The monoisotopic (exact) mass is 1830 g/mol. The number of thioether (sulfide) groups is 2. The summed E-state index contributed by atoms with van der Waals surface area (Å²) in [6, 6.07) is -1.59. The van der Waals surface area contributed by atoms with Crippen LogP contribution in [0.2, 0.25) is 0 Å². The summed E-state index contributed by atoms with van der Waals surface area (Å²) in [6.07, 6.45) is -22.9. The van der Waals surface area contributed by atoms with Crippen molar-refractivity contribution >= 4 is 23.5 Å². The number of hydrogen-bond donors (Lipinski definition) is 5. The molecule has 0 aromatic heterocycles. The Bertz CT molecular complexity index is 2910. The van der Waals surface area contributed by atoms with Crippen molar-refractivity contribution in [1.29, 1.82) is 0 Å². The summed E-state index contributed by atoms with van der Waals surface area (Å²) < 4.78 is 208. The number of nitrogens with two attached hydrogens (primary N) is 1. The van der Waals surface area contributed by atoms with Crippen LogP contribution < -0.4 is 16.4 Å². The van der Waals surface area contributed by atoms with Gasteiger partial charge in [0.15, 0.2) is 37.7 Å². The number of nitrogens with zero attached hydrogens (tertiary/aromatic N) is 3. The van der Waals surface area contributed by atoms with Crippen molar-refractivity contribution < 1.29 is 171 Å². The lowest BCUT2D eigenvalue weighted by atomic mass is 9.72. The summed E-state index contributed by atoms with van der Waals surface area (Å²) >= 11 is 3.33. The summed E-state index contributed by atoms with van der Waals surface area (Å²) in [5, 5.41) is 32.5. The van der Waals surface area contributed by atoms with Gasteiger partial charge in [0.1, 0.15) is 122 Å². The van der Waals surface area contributed by atoms with Gasteiger partial charge in [0.25, 0.3) is 0 Å². The maximum absolute atomic E-state index is 10.7. The van der Waals surface area contributed by atoms with E-state index < -0.39 is 209 Å². The molecule has 0 radical (unpaired) electrons. The quantitative estimate of drug-likeness (QED) is 0.0230. The van der Waals surface area contributed by atoms with E-state index in [-0.39, 0.29) is 92.4 Å². The molecule has 0 amide bonds. The molecule has 42 atom stereocenters. The van der Waals surface area contributed by atoms with Crippen molar-refractivity contribution in [1.82, 2.24) is 10.6 Å². The van der Waals surface area contributed by atoms with Crippen LogP contribution in [0.4, 0.5) is 0 Å². The number of azide groups is 1. The van der Waals surface area contributed by atoms with Crippen molar-refractivity contribution in [3.05, 3.63) is 10.4 Å². The third kappa shape index (κ3) is 25.7. The van der Waals surface area contributed by atoms with E-state index in [1.54, 1.807) is 173 Å². The molecule has 124 heavy (non-hydrogen) atoms. The molecule has 44 heteroatoms. The van der Waals surface area contributed by atoms with E-state index in [1.807, 2.05) is 13.8 Å². The van der Waals surface area contributed by atoms with Crippen LogP contribution in [0.5, 0.6) is 0 Å². The van der Waals surface area contributed by atoms with E-state index in [0.29, 0.717) is 31.3 Å². The normalized spacial score (nSPS) is 42.8. The zero-order valence-corrected chi connectivity index (χ0v) is 78.9. The van der Waals surface area contributed by atoms with Gasteiger partial charge in [-0.2, -0.15) is 23.5 Å². The summed E-state index contributed by atoms with van der Waals surface area (Å²) in [4.78, 5) is 2.93. The summed E-state index contributed by atoms with van der Waals surface area (Å²) in [6.45, 7) is 5.65. The molecule has 6 N–H and O–H groups in total. The predicted molar refractivity (Wildman–Crippen MR) is 446 cm³/mol. The molecule has 6 saturated heterocycles. The van der Waals surface area contributed by atoms with Crippen molar-refractivity contribution in [2.24, 2.45) is 34.5 Å². The van der Waals surface area contributed by atoms with Gasteiger partial charge in [0.2, 0.25) is 0 Å². The Morgan fingerprint density at radius 2 is 0.548 bits per heavy atom. The smallest absolute Gasteiger partial charge is 0.187 e. The van der Waals surface area contributed by atoms with Gasteiger partial charge in [-0.1, -0.05) is 5.11 Å². The molecule has 6 aliphatic heterocycles. The maximum Gasteiger partial charge on any atom is 0.187 e. The fraction of sp³-hybridized carbons (Fsp3) is 1.00. The number of aliphatic hydroxyl groups is 2. The van der Waals surface area contributed by atoms with E-state index in [2.05, 4.69) is 20.7 Å². The Morgan fingerprint density at radius 3 is 0.798 bits per heavy atom. The number of rotatable bonds is 51. The summed E-state index contributed by atoms with van der Waals surface area (Å²) in [5.41, 5.74) is 15.0. The molecule has 6 heterocycles. The zero-order valence-electron chi connectivity index (χ0n) is 77.2. The Kier molecular flexibility index (Phi) is 50.0. The molecule has 8 aliphatic rings. The first-order chi connectivity index (χ1) is 60.2. The molecule has 8 fully saturated rings. The molecule has 42 nitrogen and oxygen atoms in total. The molecule has 0 aromatic carbocycles. The lowest BCUT2D eigenvalue weighted by Crippen LogP contribution is -2.72. The molecule has 2 aliphatic carbocycles. The highest BCUT2D eigenvalue weighted by atomic mass is 32.2. The molecule has 0 spiro atoms. The molecule has 728 valence electrons. The van der Waals surface area contributed by atoms with Gasteiger partial charge in [-0.3, -0.25) is 0 Å². The maximum atomic E-state index is 10.7. The number of hydrogen-bond acceptors (Lipinski definition) is 42. The number of aliphatic hydroxyl groups excluding tert-OH is 2. The van der Waals surface area contributed by atoms with Gasteiger partial charge in [-0.05, 0) is 25.1 Å². The van der Waals surface area contributed by atoms with Crippen LogP contribution in [0.3, 0.4) is 0 Å². The Labute approximate surface area is 740 Å². The fourth-order valence-corrected chi connectivity index (χ4v) is 22.2. The highest BCUT2D eigenvalue weighted by Gasteiger charge is 2.62. The second kappa shape index (κ2) is 56.6. The topological polar surface area (TPSA) is 453 Å². The van der Waals surface area contributed by atoms with Crippen LogP contribution in [0.25, 0.3) is 10.4 Å². The van der Waals surface area contributed by atoms with Crippen LogP contribution in [0.15, 0.2) is 5.11 Å². The average Bonchev–Trinajstić information content (AvgIpc) is 0.764. The van der Waals surface area contributed by atoms with E-state index in [1.165, 1.54) is 21.3 Å². The van der Waals surface area contributed by atoms with Gasteiger partial charge in [-0.25, -0.2) is 0 Å². The third-order valence-electron chi connectivity index (χ3n) is 25.0. The van der Waals surface area contributed by atoms with Gasteiger partial charge >= 0.3 is 0 Å². The minimum absolute atomic E-state index is 0.0818. The van der Waals surface area contributed by atoms with E-state index in [4.69, 9.17) is 172 Å². The second-order valence-electron chi connectivity index (χ2n) is 31.3. The van der Waals surface area contributed by atoms with Gasteiger partial charge in [0, 0.05) is 254 Å². The van der Waals surface area contributed by atoms with Crippen LogP contribution in [-0.4, -0.2) is 489 Å². The molecule has 2 saturated carbocycles. The minimum Gasteiger partial charge on any atom is -0.396 e. The van der Waals surface area contributed by atoms with Crippen molar-refractivity contribution in [2.45, 2.75) is 245 Å². The third-order valence-corrected chi connectivity index (χ3v) is 28.0. The molecular formula is C80H150N6O36S2. The minimum atomic E-state index is -1.03. The first-order valence-electron chi connectivity index (χ1n) is 41.9. The van der Waals surface area contributed by atoms with Crippen molar-refractivity contribution in [3.63, 3.8) is 0 Å². The van der Waals surface area contributed by atoms with Gasteiger partial charge in [0.05, 0.1) is 88.3 Å². The lowest BCUT2D eigenvalue weighted by molar-refractivity contribution is -0.381. The first kappa shape index (κ1) is 109. The number of nitrogens with one attached hydrogen (secondary N) is 2. The Morgan fingerprint density at radius 1 is 0.298 bits per heavy atom. The number of ether oxygens (including phenoxy) is 34. The fourth-order valence-electron chi connectivity index (χ4n) is 19.4. The van der Waals surface area contributed by atoms with Crippen LogP contribution >= 0.6 is 23.5 Å². The predicted octanol–water partition coefficient (Wildman–Crippen LogP) is -0.0832. The van der Waals surface area contributed by atoms with Crippen molar-refractivity contribution in [3.8, 4) is 0 Å². The van der Waals surface area contributed by atoms with Crippen LogP contribution in [0.1, 0.15) is 13.8 Å². The lowest BCUT2D eigenvalue weighted by Gasteiger charge is -2.53. The number of methoxy groups -OCH3 is 24. The SMILES string of the molecule is COCC1C(SCCN)[C@@H](N[C@H]2C(C)O[C@@H](O[C@H]3C(COC)O[C@@H](O[C@H]4C(COC)OC(OC)C(OC)[C@@H]4OC)C(OC)[C@@H]3OC)C(OC)[C@@H]2OC)C(OC)[C@H](OC)[C@H]1CO.COCC1C(SCCN=[N+]=[N-])[C@@H](N[C@H]2C(C)O[C@@H](O[C@H]3C(COC)O[C@@H](O[C@H]4C(COC)OC(OC)C(OC)[C@@H]4OC)C(OC)[C@@H]3OC)C(OC)[C@@H]2OC)C(OC)[C@H](OC)[C@H]1CO. The Hall–Kier alpha value is -1.55. The highest BCUT2D eigenvalue weighted by Crippen LogP contribution is 2.46. The molecule has 0 bridgehead atoms. The molecule has 8 rings (SSSR count). The first-order valence-corrected chi connectivity index (χ1v) is 44.0. The van der Waals surface area contributed by atoms with E-state index in [9.17, 15) is 10.2 Å². The van der Waals surface area contributed by atoms with Gasteiger partial charge < -0.3 is 188 Å². The van der Waals surface area contributed by atoms with E-state index >= 15 is 0 Å². The summed E-state index contributed by atoms with van der Waals surface area (Å²) in [7, 11) is 37.9.